The van der Waals surface area contributed by atoms with Gasteiger partial charge in [-0.2, -0.15) is 5.10 Å². The first-order valence-electron chi connectivity index (χ1n) is 4.86. The summed E-state index contributed by atoms with van der Waals surface area (Å²) in [4.78, 5) is 13.7. The number of aromatic carboxylic acids is 1. The van der Waals surface area contributed by atoms with E-state index in [1.807, 2.05) is 6.07 Å². The molecule has 16 heavy (non-hydrogen) atoms. The number of hydrogen-bond donors (Lipinski definition) is 2. The highest BCUT2D eigenvalue weighted by Crippen LogP contribution is 1.90. The molecule has 0 spiro atoms. The molecule has 0 unspecified atom stereocenters. The van der Waals surface area contributed by atoms with Crippen LogP contribution in [-0.4, -0.2) is 26.3 Å². The van der Waals surface area contributed by atoms with Crippen molar-refractivity contribution in [1.82, 2.24) is 15.2 Å². The number of carbonyl (C=O) groups is 1. The van der Waals surface area contributed by atoms with Gasteiger partial charge in [0.25, 0.3) is 0 Å². The maximum Gasteiger partial charge on any atom is 0.354 e. The Morgan fingerprint density at radius 2 is 2.19 bits per heavy atom. The van der Waals surface area contributed by atoms with Gasteiger partial charge in [0.05, 0.1) is 0 Å². The summed E-state index contributed by atoms with van der Waals surface area (Å²) in [7, 11) is 0. The molecule has 0 saturated carbocycles. The van der Waals surface area contributed by atoms with E-state index in [-0.39, 0.29) is 5.69 Å². The fourth-order valence-corrected chi connectivity index (χ4v) is 0.971. The molecule has 2 rings (SSSR count). The molecule has 0 aromatic carbocycles. The Morgan fingerprint density at radius 3 is 2.50 bits per heavy atom. The number of aryl methyl sites for hydroxylation is 1. The topological polar surface area (TPSA) is 78.9 Å². The second kappa shape index (κ2) is 6.34. The Hall–Kier alpha value is -2.17. The number of nitrogens with one attached hydrogen (secondary N) is 1. The van der Waals surface area contributed by atoms with E-state index < -0.39 is 5.97 Å². The van der Waals surface area contributed by atoms with E-state index in [1.165, 1.54) is 18.0 Å². The zero-order chi connectivity index (χ0) is 11.8. The fraction of sp³-hybridized carbons (Fsp3) is 0.182. The predicted molar refractivity (Wildman–Crippen MR) is 59.2 cm³/mol. The van der Waals surface area contributed by atoms with Crippen molar-refractivity contribution in [2.75, 3.05) is 0 Å². The molecule has 84 valence electrons. The average molecular weight is 219 g/mol. The van der Waals surface area contributed by atoms with Crippen LogP contribution >= 0.6 is 0 Å². The summed E-state index contributed by atoms with van der Waals surface area (Å²) in [6.07, 6.45) is 4.25. The minimum absolute atomic E-state index is 0.0810. The monoisotopic (exact) mass is 219 g/mol. The van der Waals surface area contributed by atoms with Crippen molar-refractivity contribution in [3.63, 3.8) is 0 Å². The van der Waals surface area contributed by atoms with Crippen LogP contribution in [0.2, 0.25) is 0 Å². The summed E-state index contributed by atoms with van der Waals surface area (Å²) in [5.41, 5.74) is 1.28. The molecule has 0 bridgehead atoms. The van der Waals surface area contributed by atoms with Gasteiger partial charge in [0.15, 0.2) is 0 Å². The molecular weight excluding hydrogens is 206 g/mol. The molecule has 2 heterocycles. The summed E-state index contributed by atoms with van der Waals surface area (Å²) in [6.45, 7) is 2.09. The second-order valence-electron chi connectivity index (χ2n) is 2.96. The summed E-state index contributed by atoms with van der Waals surface area (Å²) in [6, 6.07) is 6.73. The van der Waals surface area contributed by atoms with E-state index in [4.69, 9.17) is 5.11 Å². The standard InChI is InChI=1S/C6H5NO2.C5H8N2/c8-6(9)5-3-1-2-4-7-5;1-2-5-3-4-6-7-5/h1-4H,(H,8,9);3-4H,2H2,1H3,(H,6,7). The average Bonchev–Trinajstić information content (AvgIpc) is 2.84. The predicted octanol–water partition coefficient (Wildman–Crippen LogP) is 1.75. The largest absolute Gasteiger partial charge is 0.477 e. The van der Waals surface area contributed by atoms with Gasteiger partial charge < -0.3 is 5.11 Å². The van der Waals surface area contributed by atoms with Crippen LogP contribution < -0.4 is 0 Å². The lowest BCUT2D eigenvalue weighted by Crippen LogP contribution is -1.97. The first kappa shape index (κ1) is 11.9. The van der Waals surface area contributed by atoms with Crippen molar-refractivity contribution >= 4 is 5.97 Å². The molecule has 0 aliphatic carbocycles. The fourth-order valence-electron chi connectivity index (χ4n) is 0.971. The Balaban J connectivity index is 0.000000165. The molecule has 2 aromatic heterocycles. The summed E-state index contributed by atoms with van der Waals surface area (Å²) in [5.74, 6) is -0.990. The van der Waals surface area contributed by atoms with Crippen molar-refractivity contribution in [1.29, 1.82) is 0 Å². The van der Waals surface area contributed by atoms with Gasteiger partial charge in [-0.25, -0.2) is 9.78 Å². The van der Waals surface area contributed by atoms with E-state index in [9.17, 15) is 4.79 Å². The summed E-state index contributed by atoms with van der Waals surface area (Å²) >= 11 is 0. The van der Waals surface area contributed by atoms with Gasteiger partial charge in [0.2, 0.25) is 0 Å². The molecule has 0 aliphatic heterocycles. The third-order valence-electron chi connectivity index (χ3n) is 1.82. The zero-order valence-electron chi connectivity index (χ0n) is 8.92. The van der Waals surface area contributed by atoms with Crippen LogP contribution in [0.3, 0.4) is 0 Å². The van der Waals surface area contributed by atoms with Crippen LogP contribution in [0.15, 0.2) is 36.7 Å². The molecule has 0 atom stereocenters. The van der Waals surface area contributed by atoms with Crippen molar-refractivity contribution in [3.8, 4) is 0 Å². The third kappa shape index (κ3) is 3.91. The number of aromatic amines is 1. The molecule has 5 nitrogen and oxygen atoms in total. The number of nitrogens with zero attached hydrogens (tertiary/aromatic N) is 2. The van der Waals surface area contributed by atoms with Gasteiger partial charge in [-0.1, -0.05) is 13.0 Å². The molecule has 0 amide bonds. The van der Waals surface area contributed by atoms with Crippen molar-refractivity contribution < 1.29 is 9.90 Å². The van der Waals surface area contributed by atoms with Crippen LogP contribution in [0.25, 0.3) is 0 Å². The van der Waals surface area contributed by atoms with Crippen LogP contribution in [0, 0.1) is 0 Å². The third-order valence-corrected chi connectivity index (χ3v) is 1.82. The number of carboxylic acids is 1. The van der Waals surface area contributed by atoms with Crippen molar-refractivity contribution in [3.05, 3.63) is 48.0 Å². The lowest BCUT2D eigenvalue weighted by molar-refractivity contribution is 0.0690. The van der Waals surface area contributed by atoms with E-state index in [2.05, 4.69) is 22.1 Å². The van der Waals surface area contributed by atoms with Gasteiger partial charge in [-0.3, -0.25) is 5.10 Å². The van der Waals surface area contributed by atoms with Crippen LogP contribution in [0.4, 0.5) is 0 Å². The number of hydrogen-bond acceptors (Lipinski definition) is 3. The van der Waals surface area contributed by atoms with Gasteiger partial charge in [0, 0.05) is 18.1 Å². The maximum atomic E-state index is 10.1. The normalized spacial score (nSPS) is 9.06. The first-order chi connectivity index (χ1) is 7.74. The Bertz CT molecular complexity index is 412. The van der Waals surface area contributed by atoms with E-state index in [1.54, 1.807) is 18.3 Å². The minimum Gasteiger partial charge on any atom is -0.477 e. The molecule has 5 heteroatoms. The van der Waals surface area contributed by atoms with E-state index in [0.29, 0.717) is 0 Å². The van der Waals surface area contributed by atoms with Crippen LogP contribution in [0.1, 0.15) is 23.1 Å². The second-order valence-corrected chi connectivity index (χ2v) is 2.96. The van der Waals surface area contributed by atoms with Crippen LogP contribution in [0.5, 0.6) is 0 Å². The molecule has 2 N–H and O–H groups in total. The Morgan fingerprint density at radius 1 is 1.38 bits per heavy atom. The Labute approximate surface area is 93.2 Å². The number of aromatic nitrogens is 3. The number of rotatable bonds is 2. The van der Waals surface area contributed by atoms with Crippen molar-refractivity contribution in [2.24, 2.45) is 0 Å². The quantitative estimate of drug-likeness (QED) is 0.806. The maximum absolute atomic E-state index is 10.1. The number of H-pyrrole nitrogens is 1. The van der Waals surface area contributed by atoms with Crippen molar-refractivity contribution in [2.45, 2.75) is 13.3 Å². The van der Waals surface area contributed by atoms with Gasteiger partial charge in [-0.15, -0.1) is 0 Å². The molecular formula is C11H13N3O2. The minimum atomic E-state index is -0.990. The molecule has 0 radical (unpaired) electrons. The lowest BCUT2D eigenvalue weighted by Gasteiger charge is -1.87. The highest BCUT2D eigenvalue weighted by Gasteiger charge is 1.98. The molecule has 0 saturated heterocycles. The Kier molecular flexibility index (Phi) is 4.72. The van der Waals surface area contributed by atoms with Gasteiger partial charge in [-0.05, 0) is 24.6 Å². The molecule has 0 fully saturated rings. The highest BCUT2D eigenvalue weighted by molar-refractivity contribution is 5.85. The molecule has 0 aliphatic rings. The van der Waals surface area contributed by atoms with Gasteiger partial charge in [0.1, 0.15) is 5.69 Å². The van der Waals surface area contributed by atoms with Gasteiger partial charge >= 0.3 is 5.97 Å². The first-order valence-corrected chi connectivity index (χ1v) is 4.86. The van der Waals surface area contributed by atoms with E-state index in [0.717, 1.165) is 6.42 Å². The van der Waals surface area contributed by atoms with E-state index >= 15 is 0 Å². The lowest BCUT2D eigenvalue weighted by atomic mass is 10.4. The smallest absolute Gasteiger partial charge is 0.354 e. The summed E-state index contributed by atoms with van der Waals surface area (Å²) < 4.78 is 0. The highest BCUT2D eigenvalue weighted by atomic mass is 16.4. The SMILES string of the molecule is CCc1ccn[nH]1.O=C(O)c1ccccn1. The van der Waals surface area contributed by atoms with Crippen LogP contribution in [-0.2, 0) is 6.42 Å². The molecule has 2 aromatic rings. The number of pyridine rings is 1. The summed E-state index contributed by atoms with van der Waals surface area (Å²) in [5, 5.41) is 14.9. The zero-order valence-corrected chi connectivity index (χ0v) is 8.92. The number of carboxylic acid groups (broad SMARTS) is 1.